The summed E-state index contributed by atoms with van der Waals surface area (Å²) in [5, 5.41) is 30.5. The molecule has 1 aromatic heterocycles. The number of allylic oxidation sites excluding steroid dienone is 1. The number of halogens is 1. The van der Waals surface area contributed by atoms with Crippen LogP contribution in [-0.2, 0) is 23.9 Å². The molecule has 1 fully saturated rings. The molecule has 0 aromatic carbocycles. The van der Waals surface area contributed by atoms with Crippen LogP contribution in [0.1, 0.15) is 84.6 Å². The van der Waals surface area contributed by atoms with Gasteiger partial charge in [0.15, 0.2) is 0 Å². The van der Waals surface area contributed by atoms with Gasteiger partial charge in [0.25, 0.3) is 0 Å². The highest BCUT2D eigenvalue weighted by Crippen LogP contribution is 2.49. The molecule has 46 heavy (non-hydrogen) atoms. The van der Waals surface area contributed by atoms with Gasteiger partial charge < -0.3 is 39.8 Å². The number of aromatic amines is 1. The molecule has 12 nitrogen and oxygen atoms in total. The number of aliphatic hydroxyl groups excluding tert-OH is 2. The quantitative estimate of drug-likeness (QED) is 0.204. The number of hydrogen-bond donors (Lipinski definition) is 5. The number of carbonyl (C=O) groups is 3. The Morgan fingerprint density at radius 2 is 1.96 bits per heavy atom. The summed E-state index contributed by atoms with van der Waals surface area (Å²) in [7, 11) is 0.958. The van der Waals surface area contributed by atoms with Gasteiger partial charge in [0.1, 0.15) is 23.5 Å². The van der Waals surface area contributed by atoms with Gasteiger partial charge >= 0.3 is 18.0 Å². The number of hydrogen-bond acceptors (Lipinski definition) is 9. The van der Waals surface area contributed by atoms with Crippen LogP contribution >= 0.6 is 0 Å². The standard InChI is InChI=1S/C24H37NO7.C5H5NO2.C2H6.CH3FO.CH4/c1-15-14-16(2)24-18(6-4-7-19(24)20(27)8-5-13-30-24)9-10-21(28)32-22(15)17(3)31-23(29)25-11-12-26;7-5(8)4-2-1-3-6-4;1-2;1-3-2;/h4,6,14-15,17-20,22,26-27H,5,7-13H2,1-3H3,(H,25,29);1-3,6H,(H,7,8);1-2H3;1H3;1H4/b16-14+;;;;/t15?,17?,18?,19?,20?,22?,24-;;;;/m0..../s1. The van der Waals surface area contributed by atoms with Crippen molar-refractivity contribution in [1.29, 1.82) is 0 Å². The number of aliphatic hydroxyl groups is 2. The number of nitrogens with one attached hydrogen (secondary N) is 2. The molecule has 13 heteroatoms. The second-order valence-electron chi connectivity index (χ2n) is 10.7. The molecule has 264 valence electrons. The van der Waals surface area contributed by atoms with Gasteiger partial charge in [0.2, 0.25) is 0 Å². The van der Waals surface area contributed by atoms with Gasteiger partial charge in [-0.2, -0.15) is 4.94 Å². The highest BCUT2D eigenvalue weighted by Gasteiger charge is 2.52. The number of esters is 1. The van der Waals surface area contributed by atoms with Crippen LogP contribution in [0, 0.1) is 17.8 Å². The normalized spacial score (nSPS) is 28.6. The van der Waals surface area contributed by atoms with Gasteiger partial charge in [-0.3, -0.25) is 4.79 Å². The first-order valence-electron chi connectivity index (χ1n) is 15.5. The Kier molecular flexibility index (Phi) is 20.7. The van der Waals surface area contributed by atoms with E-state index in [1.165, 1.54) is 6.07 Å². The van der Waals surface area contributed by atoms with Crippen molar-refractivity contribution in [2.24, 2.45) is 17.8 Å². The van der Waals surface area contributed by atoms with Crippen LogP contribution in [0.2, 0.25) is 0 Å². The second-order valence-corrected chi connectivity index (χ2v) is 10.7. The van der Waals surface area contributed by atoms with Crippen LogP contribution in [0.5, 0.6) is 0 Å². The number of aromatic carboxylic acids is 1. The number of carboxylic acid groups (broad SMARTS) is 1. The van der Waals surface area contributed by atoms with Gasteiger partial charge in [-0.25, -0.2) is 9.59 Å². The van der Waals surface area contributed by atoms with Crippen molar-refractivity contribution >= 4 is 18.0 Å². The molecule has 1 amide bonds. The minimum atomic E-state index is -0.921. The van der Waals surface area contributed by atoms with Crippen LogP contribution in [0.15, 0.2) is 42.1 Å². The van der Waals surface area contributed by atoms with E-state index in [9.17, 15) is 24.0 Å². The predicted molar refractivity (Wildman–Crippen MR) is 172 cm³/mol. The van der Waals surface area contributed by atoms with Gasteiger partial charge in [0.05, 0.1) is 19.8 Å². The van der Waals surface area contributed by atoms with Crippen molar-refractivity contribution in [1.82, 2.24) is 10.3 Å². The number of cyclic esters (lactones) is 1. The van der Waals surface area contributed by atoms with E-state index >= 15 is 0 Å². The van der Waals surface area contributed by atoms with Crippen LogP contribution in [-0.4, -0.2) is 89.1 Å². The maximum atomic E-state index is 12.7. The zero-order chi connectivity index (χ0) is 34.0. The summed E-state index contributed by atoms with van der Waals surface area (Å²) >= 11 is 0. The number of ether oxygens (including phenoxy) is 3. The van der Waals surface area contributed by atoms with Crippen LogP contribution in [0.25, 0.3) is 0 Å². The summed E-state index contributed by atoms with van der Waals surface area (Å²) < 4.78 is 27.5. The summed E-state index contributed by atoms with van der Waals surface area (Å²) in [6, 6.07) is 3.14. The zero-order valence-corrected chi connectivity index (χ0v) is 27.2. The average molecular weight is 659 g/mol. The molecule has 1 aliphatic carbocycles. The fraction of sp³-hybridized carbons (Fsp3) is 0.667. The van der Waals surface area contributed by atoms with Crippen molar-refractivity contribution in [3.63, 3.8) is 0 Å². The first kappa shape index (κ1) is 42.7. The summed E-state index contributed by atoms with van der Waals surface area (Å²) in [5.41, 5.74) is 0.583. The fourth-order valence-corrected chi connectivity index (χ4v) is 6.02. The summed E-state index contributed by atoms with van der Waals surface area (Å²) in [6.07, 6.45) is 8.35. The second kappa shape index (κ2) is 22.3. The number of alkyl carbamates (subject to hydrolysis) is 1. The van der Waals surface area contributed by atoms with Gasteiger partial charge in [-0.05, 0) is 61.8 Å². The summed E-state index contributed by atoms with van der Waals surface area (Å²) in [6.45, 7) is 10.1. The molecule has 0 saturated carbocycles. The van der Waals surface area contributed by atoms with E-state index < -0.39 is 36.0 Å². The van der Waals surface area contributed by atoms with Crippen molar-refractivity contribution in [3.05, 3.63) is 47.8 Å². The Labute approximate surface area is 272 Å². The molecule has 0 radical (unpaired) electrons. The van der Waals surface area contributed by atoms with E-state index in [1.54, 1.807) is 19.2 Å². The Bertz CT molecular complexity index is 1080. The molecule has 3 aliphatic rings. The Hall–Kier alpha value is -3.26. The third-order valence-electron chi connectivity index (χ3n) is 7.85. The minimum absolute atomic E-state index is 0. The number of aromatic nitrogens is 1. The van der Waals surface area contributed by atoms with E-state index in [1.807, 2.05) is 33.8 Å². The molecule has 0 bridgehead atoms. The van der Waals surface area contributed by atoms with Crippen molar-refractivity contribution in [3.8, 4) is 0 Å². The molecule has 1 spiro atoms. The molecule has 1 aromatic rings. The minimum Gasteiger partial charge on any atom is -0.477 e. The molecule has 7 atom stereocenters. The van der Waals surface area contributed by atoms with Crippen molar-refractivity contribution in [2.75, 3.05) is 26.9 Å². The number of amides is 1. The van der Waals surface area contributed by atoms with E-state index in [0.29, 0.717) is 19.4 Å². The smallest absolute Gasteiger partial charge is 0.407 e. The largest absolute Gasteiger partial charge is 0.477 e. The van der Waals surface area contributed by atoms with Gasteiger partial charge in [0, 0.05) is 43.5 Å². The predicted octanol–water partition coefficient (Wildman–Crippen LogP) is 5.38. The maximum Gasteiger partial charge on any atom is 0.407 e. The average Bonchev–Trinajstić information content (AvgIpc) is 3.51. The first-order valence-corrected chi connectivity index (χ1v) is 15.5. The lowest BCUT2D eigenvalue weighted by atomic mass is 9.64. The lowest BCUT2D eigenvalue weighted by Gasteiger charge is -2.49. The van der Waals surface area contributed by atoms with E-state index in [4.69, 9.17) is 24.4 Å². The third-order valence-corrected chi connectivity index (χ3v) is 7.85. The van der Waals surface area contributed by atoms with E-state index in [-0.39, 0.29) is 56.4 Å². The lowest BCUT2D eigenvalue weighted by molar-refractivity contribution is -0.159. The van der Waals surface area contributed by atoms with Crippen molar-refractivity contribution in [2.45, 2.75) is 98.1 Å². The molecule has 4 rings (SSSR count). The molecule has 5 N–H and O–H groups in total. The highest BCUT2D eigenvalue weighted by atomic mass is 19.3. The lowest BCUT2D eigenvalue weighted by Crippen LogP contribution is -2.53. The van der Waals surface area contributed by atoms with Crippen molar-refractivity contribution < 1.29 is 53.4 Å². The molecule has 6 unspecified atom stereocenters. The molecule has 3 heterocycles. The van der Waals surface area contributed by atoms with Gasteiger partial charge in [-0.1, -0.05) is 46.4 Å². The van der Waals surface area contributed by atoms with Crippen LogP contribution in [0.4, 0.5) is 9.32 Å². The maximum absolute atomic E-state index is 12.7. The molecular weight excluding hydrogens is 603 g/mol. The van der Waals surface area contributed by atoms with Crippen LogP contribution < -0.4 is 5.32 Å². The summed E-state index contributed by atoms with van der Waals surface area (Å²) in [4.78, 5) is 40.0. The SMILES string of the molecule is C.C/C1=C\C(C)C(C(C)OC(=O)NCCO)OC(=O)CCC2C=CCC3C(O)CCCO[C@@]123.CC.COF.O=C(O)c1ccc[nH]1. The highest BCUT2D eigenvalue weighted by molar-refractivity contribution is 5.85. The topological polar surface area (TPSA) is 177 Å². The summed E-state index contributed by atoms with van der Waals surface area (Å²) in [5.74, 6) is -1.62. The zero-order valence-electron chi connectivity index (χ0n) is 27.2. The first-order chi connectivity index (χ1) is 21.5. The Morgan fingerprint density at radius 1 is 1.28 bits per heavy atom. The Morgan fingerprint density at radius 3 is 2.52 bits per heavy atom. The van der Waals surface area contributed by atoms with Gasteiger partial charge in [-0.15, -0.1) is 0 Å². The van der Waals surface area contributed by atoms with Crippen LogP contribution in [0.3, 0.4) is 0 Å². The molecular formula is C33H55FN2O10. The van der Waals surface area contributed by atoms with E-state index in [0.717, 1.165) is 25.5 Å². The third kappa shape index (κ3) is 12.2. The fourth-order valence-electron chi connectivity index (χ4n) is 6.02. The van der Waals surface area contributed by atoms with E-state index in [2.05, 4.69) is 27.4 Å². The number of rotatable bonds is 5. The number of carbonyl (C=O) groups excluding carboxylic acids is 2. The number of carboxylic acids is 1. The molecule has 1 saturated heterocycles. The monoisotopic (exact) mass is 658 g/mol. The number of H-pyrrole nitrogens is 1. The molecule has 2 aliphatic heterocycles. The Balaban J connectivity index is 0.00000122.